The Labute approximate surface area is 244 Å². The monoisotopic (exact) mass is 589 g/mol. The molecule has 0 heterocycles. The second kappa shape index (κ2) is 14.6. The number of benzene rings is 2. The molecule has 1 aliphatic rings. The molecule has 10 heteroatoms. The summed E-state index contributed by atoms with van der Waals surface area (Å²) in [7, 11) is 0. The molecular formula is C32H39F4N3O3. The lowest BCUT2D eigenvalue weighted by atomic mass is 9.63. The van der Waals surface area contributed by atoms with Crippen LogP contribution in [0.5, 0.6) is 0 Å². The van der Waals surface area contributed by atoms with Gasteiger partial charge in [-0.05, 0) is 68.0 Å². The number of primary amides is 1. The maximum Gasteiger partial charge on any atom is 0.249 e. The van der Waals surface area contributed by atoms with E-state index in [4.69, 9.17) is 5.73 Å². The number of rotatable bonds is 14. The molecule has 0 bridgehead atoms. The average Bonchev–Trinajstić information content (AvgIpc) is 2.89. The van der Waals surface area contributed by atoms with Gasteiger partial charge in [-0.15, -0.1) is 0 Å². The fourth-order valence-corrected chi connectivity index (χ4v) is 5.78. The lowest BCUT2D eigenvalue weighted by Gasteiger charge is -2.42. The summed E-state index contributed by atoms with van der Waals surface area (Å²) in [5, 5.41) is 14.4. The molecule has 3 rings (SSSR count). The molecule has 1 unspecified atom stereocenters. The van der Waals surface area contributed by atoms with Crippen LogP contribution in [-0.2, 0) is 22.6 Å². The lowest BCUT2D eigenvalue weighted by molar-refractivity contribution is -0.132. The first-order chi connectivity index (χ1) is 19.9. The van der Waals surface area contributed by atoms with Crippen molar-refractivity contribution in [2.24, 2.45) is 17.1 Å². The number of nitrogens with two attached hydrogens (primary N) is 1. The van der Waals surface area contributed by atoms with Crippen molar-refractivity contribution >= 4 is 11.8 Å². The Hall–Kier alpha value is -3.50. The van der Waals surface area contributed by atoms with Crippen LogP contribution >= 0.6 is 0 Å². The molecule has 0 saturated carbocycles. The summed E-state index contributed by atoms with van der Waals surface area (Å²) in [5.41, 5.74) is 5.87. The van der Waals surface area contributed by atoms with E-state index in [1.54, 1.807) is 24.0 Å². The van der Waals surface area contributed by atoms with E-state index in [0.717, 1.165) is 49.2 Å². The van der Waals surface area contributed by atoms with Crippen molar-refractivity contribution in [2.45, 2.75) is 59.1 Å². The topological polar surface area (TPSA) is 95.7 Å². The molecule has 6 nitrogen and oxygen atoms in total. The number of halogens is 4. The molecule has 0 aliphatic heterocycles. The van der Waals surface area contributed by atoms with Crippen LogP contribution < -0.4 is 11.1 Å². The molecule has 228 valence electrons. The Morgan fingerprint density at radius 3 is 1.98 bits per heavy atom. The van der Waals surface area contributed by atoms with Crippen LogP contribution in [0.2, 0.25) is 0 Å². The summed E-state index contributed by atoms with van der Waals surface area (Å²) < 4.78 is 55.6. The summed E-state index contributed by atoms with van der Waals surface area (Å²) >= 11 is 0. The third kappa shape index (κ3) is 8.29. The van der Waals surface area contributed by atoms with Gasteiger partial charge in [0.1, 0.15) is 23.3 Å². The second-order valence-corrected chi connectivity index (χ2v) is 11.0. The number of carbonyl (C=O) groups is 2. The molecule has 4 N–H and O–H groups in total. The van der Waals surface area contributed by atoms with Gasteiger partial charge in [0.15, 0.2) is 0 Å². The van der Waals surface area contributed by atoms with Crippen molar-refractivity contribution < 1.29 is 32.3 Å². The van der Waals surface area contributed by atoms with Crippen LogP contribution in [0.4, 0.5) is 17.6 Å². The van der Waals surface area contributed by atoms with Gasteiger partial charge in [-0.25, -0.2) is 17.6 Å². The Kier molecular flexibility index (Phi) is 11.5. The number of aliphatic hydroxyl groups is 1. The predicted molar refractivity (Wildman–Crippen MR) is 153 cm³/mol. The molecule has 0 saturated heterocycles. The maximum absolute atomic E-state index is 14.2. The predicted octanol–water partition coefficient (Wildman–Crippen LogP) is 4.95. The minimum absolute atomic E-state index is 0.00186. The number of amides is 2. The van der Waals surface area contributed by atoms with Gasteiger partial charge in [0.05, 0.1) is 11.5 Å². The largest absolute Gasteiger partial charge is 0.391 e. The van der Waals surface area contributed by atoms with Gasteiger partial charge >= 0.3 is 0 Å². The molecular weight excluding hydrogens is 550 g/mol. The highest BCUT2D eigenvalue weighted by atomic mass is 19.1. The second-order valence-electron chi connectivity index (χ2n) is 11.0. The van der Waals surface area contributed by atoms with E-state index in [0.29, 0.717) is 29.8 Å². The standard InChI is InChI=1S/C32H39F4N3O3/c1-4-6-39(7-5-2)30(41)23-8-20(3)16-32(17-23,31(37)42)28(13-21-9-24(33)14-25(34)10-21)29(40)19-38-18-22-11-26(35)15-27(36)12-22/h8-12,14-16,28-29,38,40H,4-7,13,17-19H2,1-3H3,(H2,37,42)/t28-,29+,32?/m1/s1. The minimum Gasteiger partial charge on any atom is -0.391 e. The smallest absolute Gasteiger partial charge is 0.249 e. The summed E-state index contributed by atoms with van der Waals surface area (Å²) in [6, 6.07) is 6.00. The molecule has 1 aliphatic carbocycles. The Bertz CT molecular complexity index is 1300. The Morgan fingerprint density at radius 2 is 1.48 bits per heavy atom. The fraction of sp³-hybridized carbons (Fsp3) is 0.438. The molecule has 2 aromatic rings. The highest BCUT2D eigenvalue weighted by molar-refractivity contribution is 5.96. The molecule has 0 spiro atoms. The molecule has 2 aromatic carbocycles. The van der Waals surface area contributed by atoms with Gasteiger partial charge in [0.25, 0.3) is 0 Å². The zero-order valence-corrected chi connectivity index (χ0v) is 24.2. The van der Waals surface area contributed by atoms with Crippen LogP contribution in [0.25, 0.3) is 0 Å². The molecule has 2 amide bonds. The average molecular weight is 590 g/mol. The summed E-state index contributed by atoms with van der Waals surface area (Å²) in [6.45, 7) is 6.53. The zero-order chi connectivity index (χ0) is 31.0. The number of aliphatic hydroxyl groups excluding tert-OH is 1. The molecule has 42 heavy (non-hydrogen) atoms. The number of nitrogens with one attached hydrogen (secondary N) is 1. The summed E-state index contributed by atoms with van der Waals surface area (Å²) in [4.78, 5) is 28.6. The van der Waals surface area contributed by atoms with Crippen LogP contribution in [-0.4, -0.2) is 47.6 Å². The third-order valence-corrected chi connectivity index (χ3v) is 7.49. The highest BCUT2D eigenvalue weighted by Crippen LogP contribution is 2.44. The number of hydrogen-bond donors (Lipinski definition) is 3. The van der Waals surface area contributed by atoms with Crippen molar-refractivity contribution in [3.63, 3.8) is 0 Å². The van der Waals surface area contributed by atoms with Crippen molar-refractivity contribution in [2.75, 3.05) is 19.6 Å². The van der Waals surface area contributed by atoms with Gasteiger partial charge in [-0.1, -0.05) is 31.6 Å². The van der Waals surface area contributed by atoms with E-state index in [-0.39, 0.29) is 37.4 Å². The van der Waals surface area contributed by atoms with Crippen molar-refractivity contribution in [3.05, 3.63) is 94.1 Å². The molecule has 0 fully saturated rings. The molecule has 0 aromatic heterocycles. The zero-order valence-electron chi connectivity index (χ0n) is 24.2. The van der Waals surface area contributed by atoms with E-state index in [1.165, 1.54) is 0 Å². The van der Waals surface area contributed by atoms with E-state index >= 15 is 0 Å². The lowest BCUT2D eigenvalue weighted by Crippen LogP contribution is -2.51. The minimum atomic E-state index is -1.58. The molecule has 3 atom stereocenters. The first-order valence-electron chi connectivity index (χ1n) is 14.2. The van der Waals surface area contributed by atoms with Gasteiger partial charge in [0.2, 0.25) is 11.8 Å². The normalized spacial score (nSPS) is 18.2. The van der Waals surface area contributed by atoms with Gasteiger partial charge in [-0.2, -0.15) is 0 Å². The molecule has 0 radical (unpaired) electrons. The van der Waals surface area contributed by atoms with Crippen molar-refractivity contribution in [1.29, 1.82) is 0 Å². The van der Waals surface area contributed by atoms with Crippen molar-refractivity contribution in [3.8, 4) is 0 Å². The quantitative estimate of drug-likeness (QED) is 0.272. The number of allylic oxidation sites excluding steroid dienone is 2. The van der Waals surface area contributed by atoms with Crippen LogP contribution in [0.1, 0.15) is 51.2 Å². The van der Waals surface area contributed by atoms with Gasteiger partial charge in [0, 0.05) is 49.8 Å². The van der Waals surface area contributed by atoms with Crippen LogP contribution in [0.3, 0.4) is 0 Å². The summed E-state index contributed by atoms with van der Waals surface area (Å²) in [6.07, 6.45) is 3.21. The Morgan fingerprint density at radius 1 is 0.952 bits per heavy atom. The van der Waals surface area contributed by atoms with E-state index in [1.807, 2.05) is 13.8 Å². The number of hydrogen-bond acceptors (Lipinski definition) is 4. The van der Waals surface area contributed by atoms with Gasteiger partial charge in [-0.3, -0.25) is 9.59 Å². The first-order valence-corrected chi connectivity index (χ1v) is 14.2. The maximum atomic E-state index is 14.2. The van der Waals surface area contributed by atoms with Gasteiger partial charge < -0.3 is 21.1 Å². The van der Waals surface area contributed by atoms with E-state index < -0.39 is 46.6 Å². The van der Waals surface area contributed by atoms with E-state index in [2.05, 4.69) is 5.32 Å². The van der Waals surface area contributed by atoms with Crippen LogP contribution in [0.15, 0.2) is 59.7 Å². The number of nitrogens with zero attached hydrogens (tertiary/aromatic N) is 1. The fourth-order valence-electron chi connectivity index (χ4n) is 5.78. The SMILES string of the molecule is CCCN(CCC)C(=O)C1=CC(C)=CC(C(N)=O)([C@H](Cc2cc(F)cc(F)c2)[C@@H](O)CNCc2cc(F)cc(F)c2)C1. The van der Waals surface area contributed by atoms with Crippen LogP contribution in [0, 0.1) is 34.6 Å². The third-order valence-electron chi connectivity index (χ3n) is 7.49. The Balaban J connectivity index is 1.99. The van der Waals surface area contributed by atoms with Crippen molar-refractivity contribution in [1.82, 2.24) is 10.2 Å². The van der Waals surface area contributed by atoms with E-state index in [9.17, 15) is 32.3 Å². The number of carbonyl (C=O) groups excluding carboxylic acids is 2. The first kappa shape index (κ1) is 33.0. The highest BCUT2D eigenvalue weighted by Gasteiger charge is 2.48. The summed E-state index contributed by atoms with van der Waals surface area (Å²) in [5.74, 6) is -5.21.